The number of rotatable bonds is 10. The van der Waals surface area contributed by atoms with E-state index in [1.54, 1.807) is 0 Å². The fourth-order valence-electron chi connectivity index (χ4n) is 3.48. The van der Waals surface area contributed by atoms with Crippen molar-refractivity contribution in [2.75, 3.05) is 13.1 Å². The molecule has 3 unspecified atom stereocenters. The highest BCUT2D eigenvalue weighted by molar-refractivity contribution is 5.92. The first-order chi connectivity index (χ1) is 13.4. The van der Waals surface area contributed by atoms with E-state index in [-0.39, 0.29) is 5.91 Å². The number of likely N-dealkylation sites (tertiary alicyclic amines) is 1. The molecule has 8 nitrogen and oxygen atoms in total. The number of nitrogens with one attached hydrogen (secondary N) is 1. The van der Waals surface area contributed by atoms with Crippen molar-refractivity contribution in [2.24, 2.45) is 11.5 Å². The third kappa shape index (κ3) is 6.03. The molecule has 1 heterocycles. The van der Waals surface area contributed by atoms with Crippen molar-refractivity contribution in [1.82, 2.24) is 10.2 Å². The van der Waals surface area contributed by atoms with Gasteiger partial charge in [-0.2, -0.15) is 0 Å². The SMILES string of the molecule is NCCCCC(NC(=O)C(N)Cc1ccccc1)C(=O)N1CCCC1C(=O)O. The molecular weight excluding hydrogens is 360 g/mol. The van der Waals surface area contributed by atoms with Gasteiger partial charge in [-0.05, 0) is 50.6 Å². The van der Waals surface area contributed by atoms with Crippen LogP contribution in [0.1, 0.15) is 37.7 Å². The lowest BCUT2D eigenvalue weighted by Crippen LogP contribution is -2.54. The van der Waals surface area contributed by atoms with Gasteiger partial charge in [0.05, 0.1) is 6.04 Å². The van der Waals surface area contributed by atoms with E-state index in [1.807, 2.05) is 30.3 Å². The summed E-state index contributed by atoms with van der Waals surface area (Å²) in [6, 6.07) is 6.99. The molecule has 1 aromatic rings. The highest BCUT2D eigenvalue weighted by Gasteiger charge is 2.37. The van der Waals surface area contributed by atoms with Crippen molar-refractivity contribution in [1.29, 1.82) is 0 Å². The molecule has 2 amide bonds. The molecule has 0 aliphatic carbocycles. The summed E-state index contributed by atoms with van der Waals surface area (Å²) in [5.41, 5.74) is 12.5. The third-order valence-electron chi connectivity index (χ3n) is 5.02. The first-order valence-corrected chi connectivity index (χ1v) is 9.77. The predicted octanol–water partition coefficient (Wildman–Crippen LogP) is 0.246. The Morgan fingerprint density at radius 3 is 2.57 bits per heavy atom. The maximum atomic E-state index is 12.9. The van der Waals surface area contributed by atoms with E-state index in [4.69, 9.17) is 11.5 Å². The van der Waals surface area contributed by atoms with Gasteiger partial charge in [-0.1, -0.05) is 30.3 Å². The first kappa shape index (κ1) is 21.8. The first-order valence-electron chi connectivity index (χ1n) is 9.77. The number of carbonyl (C=O) groups is 3. The van der Waals surface area contributed by atoms with Crippen molar-refractivity contribution in [3.8, 4) is 0 Å². The van der Waals surface area contributed by atoms with Crippen LogP contribution in [0.2, 0.25) is 0 Å². The quantitative estimate of drug-likeness (QED) is 0.422. The summed E-state index contributed by atoms with van der Waals surface area (Å²) in [6.45, 7) is 0.874. The van der Waals surface area contributed by atoms with Gasteiger partial charge in [0, 0.05) is 6.54 Å². The number of nitrogens with two attached hydrogens (primary N) is 2. The van der Waals surface area contributed by atoms with Crippen molar-refractivity contribution < 1.29 is 19.5 Å². The van der Waals surface area contributed by atoms with E-state index in [9.17, 15) is 19.5 Å². The van der Waals surface area contributed by atoms with E-state index in [0.717, 1.165) is 12.0 Å². The highest BCUT2D eigenvalue weighted by Crippen LogP contribution is 2.20. The van der Waals surface area contributed by atoms with E-state index >= 15 is 0 Å². The Bertz CT molecular complexity index is 667. The fourth-order valence-corrected chi connectivity index (χ4v) is 3.48. The van der Waals surface area contributed by atoms with Crippen molar-refractivity contribution in [3.63, 3.8) is 0 Å². The molecule has 28 heavy (non-hydrogen) atoms. The van der Waals surface area contributed by atoms with E-state index in [2.05, 4.69) is 5.32 Å². The Hall–Kier alpha value is -2.45. The number of hydrogen-bond donors (Lipinski definition) is 4. The van der Waals surface area contributed by atoms with E-state index < -0.39 is 30.0 Å². The zero-order chi connectivity index (χ0) is 20.5. The van der Waals surface area contributed by atoms with E-state index in [0.29, 0.717) is 45.2 Å². The summed E-state index contributed by atoms with van der Waals surface area (Å²) in [7, 11) is 0. The Morgan fingerprint density at radius 2 is 1.93 bits per heavy atom. The molecule has 0 aromatic heterocycles. The van der Waals surface area contributed by atoms with Gasteiger partial charge in [-0.25, -0.2) is 4.79 Å². The molecule has 0 radical (unpaired) electrons. The van der Waals surface area contributed by atoms with Gasteiger partial charge in [0.1, 0.15) is 12.1 Å². The number of nitrogens with zero attached hydrogens (tertiary/aromatic N) is 1. The van der Waals surface area contributed by atoms with Crippen LogP contribution in [-0.2, 0) is 20.8 Å². The number of carbonyl (C=O) groups excluding carboxylic acids is 2. The van der Waals surface area contributed by atoms with Gasteiger partial charge in [-0.3, -0.25) is 9.59 Å². The summed E-state index contributed by atoms with van der Waals surface area (Å²) < 4.78 is 0. The molecule has 1 aromatic carbocycles. The minimum absolute atomic E-state index is 0.359. The number of aliphatic carboxylic acids is 1. The fraction of sp³-hybridized carbons (Fsp3) is 0.550. The van der Waals surface area contributed by atoms with Gasteiger partial charge >= 0.3 is 5.97 Å². The van der Waals surface area contributed by atoms with Crippen LogP contribution in [-0.4, -0.2) is 59.0 Å². The van der Waals surface area contributed by atoms with E-state index in [1.165, 1.54) is 4.90 Å². The Kier molecular flexibility index (Phi) is 8.41. The molecule has 1 aliphatic heterocycles. The van der Waals surface area contributed by atoms with Crippen LogP contribution in [0, 0.1) is 0 Å². The summed E-state index contributed by atoms with van der Waals surface area (Å²) in [4.78, 5) is 38.3. The third-order valence-corrected chi connectivity index (χ3v) is 5.02. The van der Waals surface area contributed by atoms with Gasteiger partial charge in [-0.15, -0.1) is 0 Å². The van der Waals surface area contributed by atoms with Crippen molar-refractivity contribution in [3.05, 3.63) is 35.9 Å². The maximum Gasteiger partial charge on any atom is 0.326 e. The number of hydrogen-bond acceptors (Lipinski definition) is 5. The zero-order valence-electron chi connectivity index (χ0n) is 16.0. The molecule has 1 saturated heterocycles. The number of carboxylic acid groups (broad SMARTS) is 1. The summed E-state index contributed by atoms with van der Waals surface area (Å²) in [5.74, 6) is -1.79. The van der Waals surface area contributed by atoms with Gasteiger partial charge in [0.25, 0.3) is 0 Å². The smallest absolute Gasteiger partial charge is 0.326 e. The molecule has 3 atom stereocenters. The molecule has 0 saturated carbocycles. The molecule has 0 spiro atoms. The molecule has 2 rings (SSSR count). The largest absolute Gasteiger partial charge is 0.480 e. The lowest BCUT2D eigenvalue weighted by atomic mass is 10.0. The Labute approximate surface area is 165 Å². The van der Waals surface area contributed by atoms with Crippen LogP contribution in [0.4, 0.5) is 0 Å². The zero-order valence-corrected chi connectivity index (χ0v) is 16.0. The van der Waals surface area contributed by atoms with Crippen LogP contribution in [0.3, 0.4) is 0 Å². The van der Waals surface area contributed by atoms with Gasteiger partial charge in [0.2, 0.25) is 11.8 Å². The molecule has 8 heteroatoms. The number of unbranched alkanes of at least 4 members (excludes halogenated alkanes) is 1. The monoisotopic (exact) mass is 390 g/mol. The van der Waals surface area contributed by atoms with Gasteiger partial charge in [0.15, 0.2) is 0 Å². The minimum Gasteiger partial charge on any atom is -0.480 e. The normalized spacial score (nSPS) is 18.5. The predicted molar refractivity (Wildman–Crippen MR) is 105 cm³/mol. The van der Waals surface area contributed by atoms with Crippen LogP contribution in [0.25, 0.3) is 0 Å². The van der Waals surface area contributed by atoms with Crippen LogP contribution >= 0.6 is 0 Å². The molecule has 1 fully saturated rings. The van der Waals surface area contributed by atoms with Crippen molar-refractivity contribution >= 4 is 17.8 Å². The number of benzene rings is 1. The highest BCUT2D eigenvalue weighted by atomic mass is 16.4. The van der Waals surface area contributed by atoms with Crippen molar-refractivity contribution in [2.45, 2.75) is 56.7 Å². The molecule has 6 N–H and O–H groups in total. The average Bonchev–Trinajstić information content (AvgIpc) is 3.17. The summed E-state index contributed by atoms with van der Waals surface area (Å²) in [5, 5.41) is 12.1. The Morgan fingerprint density at radius 1 is 1.21 bits per heavy atom. The van der Waals surface area contributed by atoms with Crippen LogP contribution in [0.5, 0.6) is 0 Å². The lowest BCUT2D eigenvalue weighted by Gasteiger charge is -2.28. The molecule has 0 bridgehead atoms. The molecule has 1 aliphatic rings. The molecule has 154 valence electrons. The minimum atomic E-state index is -1.02. The second kappa shape index (κ2) is 10.8. The topological polar surface area (TPSA) is 139 Å². The van der Waals surface area contributed by atoms with Gasteiger partial charge < -0.3 is 26.8 Å². The number of carboxylic acids is 1. The Balaban J connectivity index is 2.03. The van der Waals surface area contributed by atoms with Crippen LogP contribution in [0.15, 0.2) is 30.3 Å². The summed E-state index contributed by atoms with van der Waals surface area (Å²) in [6.07, 6.45) is 3.21. The summed E-state index contributed by atoms with van der Waals surface area (Å²) >= 11 is 0. The molecular formula is C20H30N4O4. The average molecular weight is 390 g/mol. The number of amides is 2. The van der Waals surface area contributed by atoms with Crippen LogP contribution < -0.4 is 16.8 Å². The standard InChI is InChI=1S/C20H30N4O4/c21-11-5-4-9-16(19(26)24-12-6-10-17(24)20(27)28)23-18(25)15(22)13-14-7-2-1-3-8-14/h1-3,7-8,15-17H,4-6,9-13,21-22H2,(H,23,25)(H,27,28). The maximum absolute atomic E-state index is 12.9. The second-order valence-corrected chi connectivity index (χ2v) is 7.17. The lowest BCUT2D eigenvalue weighted by molar-refractivity contribution is -0.149. The second-order valence-electron chi connectivity index (χ2n) is 7.17.